The highest BCUT2D eigenvalue weighted by atomic mass is 32.2. The van der Waals surface area contributed by atoms with Crippen LogP contribution in [-0.2, 0) is 10.3 Å². The molecule has 0 atom stereocenters. The lowest BCUT2D eigenvalue weighted by Crippen LogP contribution is -2.26. The lowest BCUT2D eigenvalue weighted by atomic mass is 9.92. The number of rotatable bonds is 1. The van der Waals surface area contributed by atoms with Crippen LogP contribution in [0.15, 0.2) is 39.5 Å². The van der Waals surface area contributed by atoms with E-state index in [0.29, 0.717) is 16.6 Å². The molecule has 3 heterocycles. The van der Waals surface area contributed by atoms with Gasteiger partial charge in [0.15, 0.2) is 5.69 Å². The second-order valence-electron chi connectivity index (χ2n) is 6.47. The highest BCUT2D eigenvalue weighted by Gasteiger charge is 2.32. The van der Waals surface area contributed by atoms with Crippen LogP contribution in [0.1, 0.15) is 26.3 Å². The van der Waals surface area contributed by atoms with Crippen LogP contribution < -0.4 is 0 Å². The topological polar surface area (TPSA) is 79.3 Å². The molecule has 0 saturated heterocycles. The van der Waals surface area contributed by atoms with Crippen molar-refractivity contribution in [1.29, 1.82) is 0 Å². The number of carbonyl (C=O) groups is 1. The van der Waals surface area contributed by atoms with Crippen LogP contribution in [0.2, 0.25) is 0 Å². The average molecular weight is 340 g/mol. The lowest BCUT2D eigenvalue weighted by molar-refractivity contribution is -0.115. The van der Waals surface area contributed by atoms with Gasteiger partial charge in [0, 0.05) is 10.9 Å². The van der Waals surface area contributed by atoms with Crippen LogP contribution in [0.4, 0.5) is 5.69 Å². The Hall–Kier alpha value is -2.41. The first-order valence-electron chi connectivity index (χ1n) is 7.61. The number of allylic oxidation sites excluding steroid dienone is 2. The van der Waals surface area contributed by atoms with Crippen LogP contribution in [0, 0.1) is 0 Å². The number of nitrogens with zero attached hydrogens (tertiary/aromatic N) is 4. The Balaban J connectivity index is 1.94. The molecule has 1 aromatic heterocycles. The number of carbonyl (C=O) groups excluding carboxylic acids is 1. The molecular formula is C17H16N4O2S. The molecular weight excluding hydrogens is 324 g/mol. The summed E-state index contributed by atoms with van der Waals surface area (Å²) in [5, 5.41) is 20.2. The second-order valence-corrected chi connectivity index (χ2v) is 7.41. The van der Waals surface area contributed by atoms with Crippen molar-refractivity contribution in [2.24, 2.45) is 15.2 Å². The van der Waals surface area contributed by atoms with E-state index in [1.807, 2.05) is 36.6 Å². The molecule has 1 aromatic carbocycles. The summed E-state index contributed by atoms with van der Waals surface area (Å²) in [4.78, 5) is 15.0. The standard InChI is InChI=1S/C17H16N4O2S/c1-9-7-17(2,3)21-14-10(9)5-4-6-11(14)13(15(21)23)19-20-16-18-12(22)8-24-16/h4-7,23H,8H2,1-3H3. The predicted octanol–water partition coefficient (Wildman–Crippen LogP) is 4.21. The molecule has 7 heteroatoms. The Kier molecular flexibility index (Phi) is 3.18. The highest BCUT2D eigenvalue weighted by Crippen LogP contribution is 2.48. The zero-order valence-corrected chi connectivity index (χ0v) is 14.4. The minimum Gasteiger partial charge on any atom is -0.493 e. The molecule has 24 heavy (non-hydrogen) atoms. The zero-order chi connectivity index (χ0) is 17.1. The van der Waals surface area contributed by atoms with Crippen LogP contribution in [0.5, 0.6) is 5.88 Å². The Morgan fingerprint density at radius 1 is 1.33 bits per heavy atom. The molecule has 0 bridgehead atoms. The molecule has 1 amide bonds. The number of aliphatic imine (C=N–C) groups is 1. The van der Waals surface area contributed by atoms with Crippen molar-refractivity contribution in [2.75, 3.05) is 5.75 Å². The molecule has 2 aliphatic heterocycles. The number of hydrogen-bond acceptors (Lipinski definition) is 5. The first kappa shape index (κ1) is 15.1. The van der Waals surface area contributed by atoms with E-state index in [-0.39, 0.29) is 17.3 Å². The van der Waals surface area contributed by atoms with E-state index in [9.17, 15) is 9.90 Å². The highest BCUT2D eigenvalue weighted by molar-refractivity contribution is 8.14. The van der Waals surface area contributed by atoms with Gasteiger partial charge in [-0.25, -0.2) is 0 Å². The van der Waals surface area contributed by atoms with E-state index in [2.05, 4.69) is 28.2 Å². The third-order valence-electron chi connectivity index (χ3n) is 4.29. The summed E-state index contributed by atoms with van der Waals surface area (Å²) >= 11 is 1.25. The lowest BCUT2D eigenvalue weighted by Gasteiger charge is -2.30. The van der Waals surface area contributed by atoms with Crippen molar-refractivity contribution in [2.45, 2.75) is 26.3 Å². The number of amidine groups is 1. The van der Waals surface area contributed by atoms with E-state index >= 15 is 0 Å². The number of aromatic hydroxyl groups is 1. The molecule has 6 nitrogen and oxygen atoms in total. The summed E-state index contributed by atoms with van der Waals surface area (Å²) in [5.74, 6) is 0.161. The van der Waals surface area contributed by atoms with Crippen molar-refractivity contribution in [3.63, 3.8) is 0 Å². The fourth-order valence-electron chi connectivity index (χ4n) is 3.40. The maximum Gasteiger partial charge on any atom is 0.258 e. The minimum absolute atomic E-state index is 0.0740. The summed E-state index contributed by atoms with van der Waals surface area (Å²) in [6, 6.07) is 5.91. The molecule has 2 aliphatic rings. The Morgan fingerprint density at radius 2 is 2.12 bits per heavy atom. The number of thioether (sulfide) groups is 1. The molecule has 0 fully saturated rings. The summed E-state index contributed by atoms with van der Waals surface area (Å²) in [6.07, 6.45) is 2.13. The van der Waals surface area contributed by atoms with Crippen LogP contribution in [-0.4, -0.2) is 26.5 Å². The van der Waals surface area contributed by atoms with Gasteiger partial charge >= 0.3 is 0 Å². The summed E-state index contributed by atoms with van der Waals surface area (Å²) < 4.78 is 1.88. The van der Waals surface area contributed by atoms with Gasteiger partial charge in [-0.1, -0.05) is 36.0 Å². The third-order valence-corrected chi connectivity index (χ3v) is 5.11. The fourth-order valence-corrected chi connectivity index (χ4v) is 3.98. The quantitative estimate of drug-likeness (QED) is 0.790. The van der Waals surface area contributed by atoms with E-state index in [0.717, 1.165) is 16.5 Å². The number of para-hydroxylation sites is 1. The number of azo groups is 1. The number of aromatic nitrogens is 1. The number of hydrogen-bond donors (Lipinski definition) is 1. The van der Waals surface area contributed by atoms with Crippen molar-refractivity contribution >= 4 is 45.0 Å². The van der Waals surface area contributed by atoms with Gasteiger partial charge in [-0.05, 0) is 26.3 Å². The zero-order valence-electron chi connectivity index (χ0n) is 13.6. The number of benzene rings is 1. The predicted molar refractivity (Wildman–Crippen MR) is 96.0 cm³/mol. The summed E-state index contributed by atoms with van der Waals surface area (Å²) in [7, 11) is 0. The molecule has 0 radical (unpaired) electrons. The molecule has 1 N–H and O–H groups in total. The normalized spacial score (nSPS) is 19.2. The fraction of sp³-hybridized carbons (Fsp3) is 0.294. The first-order chi connectivity index (χ1) is 11.4. The van der Waals surface area contributed by atoms with Crippen molar-refractivity contribution < 1.29 is 9.90 Å². The summed E-state index contributed by atoms with van der Waals surface area (Å²) in [5.41, 5.74) is 3.23. The van der Waals surface area contributed by atoms with E-state index in [1.54, 1.807) is 0 Å². The average Bonchev–Trinajstić information content (AvgIpc) is 3.04. The van der Waals surface area contributed by atoms with Gasteiger partial charge < -0.3 is 9.67 Å². The summed E-state index contributed by atoms with van der Waals surface area (Å²) in [6.45, 7) is 6.16. The molecule has 2 aromatic rings. The van der Waals surface area contributed by atoms with Gasteiger partial charge in [0.25, 0.3) is 5.91 Å². The van der Waals surface area contributed by atoms with Crippen LogP contribution >= 0.6 is 11.8 Å². The SMILES string of the molecule is CC1=CC(C)(C)n2c(O)c(N=NC3=NC(=O)CS3)c3cccc1c32. The monoisotopic (exact) mass is 340 g/mol. The van der Waals surface area contributed by atoms with Gasteiger partial charge in [0.2, 0.25) is 11.0 Å². The van der Waals surface area contributed by atoms with E-state index < -0.39 is 0 Å². The van der Waals surface area contributed by atoms with E-state index in [4.69, 9.17) is 0 Å². The molecule has 0 saturated carbocycles. The Morgan fingerprint density at radius 3 is 2.83 bits per heavy atom. The minimum atomic E-state index is -0.371. The van der Waals surface area contributed by atoms with Gasteiger partial charge in [-0.2, -0.15) is 4.99 Å². The third kappa shape index (κ3) is 2.11. The Bertz CT molecular complexity index is 982. The smallest absolute Gasteiger partial charge is 0.258 e. The molecule has 0 aliphatic carbocycles. The molecule has 122 valence electrons. The first-order valence-corrected chi connectivity index (χ1v) is 8.60. The second kappa shape index (κ2) is 5.04. The van der Waals surface area contributed by atoms with Crippen LogP contribution in [0.3, 0.4) is 0 Å². The molecule has 0 spiro atoms. The Labute approximate surface area is 143 Å². The van der Waals surface area contributed by atoms with Crippen LogP contribution in [0.25, 0.3) is 16.5 Å². The van der Waals surface area contributed by atoms with Gasteiger partial charge in [-0.3, -0.25) is 4.79 Å². The van der Waals surface area contributed by atoms with Crippen molar-refractivity contribution in [3.8, 4) is 5.88 Å². The maximum absolute atomic E-state index is 11.2. The molecule has 4 rings (SSSR count). The largest absolute Gasteiger partial charge is 0.493 e. The van der Waals surface area contributed by atoms with Gasteiger partial charge in [-0.15, -0.1) is 10.2 Å². The van der Waals surface area contributed by atoms with E-state index in [1.165, 1.54) is 17.3 Å². The van der Waals surface area contributed by atoms with Crippen molar-refractivity contribution in [3.05, 3.63) is 29.8 Å². The number of amides is 1. The van der Waals surface area contributed by atoms with Gasteiger partial charge in [0.1, 0.15) is 0 Å². The van der Waals surface area contributed by atoms with Crippen molar-refractivity contribution in [1.82, 2.24) is 4.57 Å². The molecule has 0 unspecified atom stereocenters. The maximum atomic E-state index is 11.2. The van der Waals surface area contributed by atoms with Gasteiger partial charge in [0.05, 0.1) is 16.8 Å².